The lowest BCUT2D eigenvalue weighted by Crippen LogP contribution is -2.46. The maximum atomic E-state index is 11.5. The summed E-state index contributed by atoms with van der Waals surface area (Å²) in [5, 5.41) is 11.3. The first-order valence-electron chi connectivity index (χ1n) is 6.58. The Kier molecular flexibility index (Phi) is 5.60. The number of rotatable bonds is 6. The summed E-state index contributed by atoms with van der Waals surface area (Å²) in [6.45, 7) is 5.67. The van der Waals surface area contributed by atoms with Crippen LogP contribution in [-0.2, 0) is 14.3 Å². The zero-order chi connectivity index (χ0) is 14.5. The molecule has 0 aliphatic heterocycles. The Labute approximate surface area is 113 Å². The molecule has 0 heterocycles. The van der Waals surface area contributed by atoms with Crippen LogP contribution < -0.4 is 5.32 Å². The molecule has 1 fully saturated rings. The molecule has 19 heavy (non-hydrogen) atoms. The molecular formula is C13H23NO5. The molecule has 0 bridgehead atoms. The van der Waals surface area contributed by atoms with Gasteiger partial charge in [-0.1, -0.05) is 6.42 Å². The van der Waals surface area contributed by atoms with Crippen molar-refractivity contribution in [3.05, 3.63) is 0 Å². The van der Waals surface area contributed by atoms with Crippen molar-refractivity contribution in [1.29, 1.82) is 0 Å². The van der Waals surface area contributed by atoms with Gasteiger partial charge in [0.05, 0.1) is 6.61 Å². The number of hydrogen-bond acceptors (Lipinski definition) is 4. The molecule has 0 aromatic carbocycles. The summed E-state index contributed by atoms with van der Waals surface area (Å²) in [4.78, 5) is 22.5. The van der Waals surface area contributed by atoms with E-state index in [4.69, 9.17) is 14.6 Å². The monoisotopic (exact) mass is 273 g/mol. The Morgan fingerprint density at radius 3 is 2.42 bits per heavy atom. The average molecular weight is 273 g/mol. The fourth-order valence-electron chi connectivity index (χ4n) is 1.64. The summed E-state index contributed by atoms with van der Waals surface area (Å²) < 4.78 is 10.4. The smallest absolute Gasteiger partial charge is 0.408 e. The van der Waals surface area contributed by atoms with Crippen LogP contribution in [0.5, 0.6) is 0 Å². The third-order valence-corrected chi connectivity index (χ3v) is 2.85. The highest BCUT2D eigenvalue weighted by molar-refractivity contribution is 5.80. The molecule has 0 spiro atoms. The van der Waals surface area contributed by atoms with Crippen LogP contribution >= 0.6 is 0 Å². The Hall–Kier alpha value is -1.30. The molecule has 0 saturated heterocycles. The van der Waals surface area contributed by atoms with Crippen LogP contribution in [0.2, 0.25) is 0 Å². The highest BCUT2D eigenvalue weighted by Gasteiger charge is 2.25. The molecule has 6 nitrogen and oxygen atoms in total. The third kappa shape index (κ3) is 6.42. The lowest BCUT2D eigenvalue weighted by atomic mass is 9.86. The van der Waals surface area contributed by atoms with Crippen molar-refractivity contribution in [3.63, 3.8) is 0 Å². The molecule has 110 valence electrons. The largest absolute Gasteiger partial charge is 0.480 e. The van der Waals surface area contributed by atoms with Gasteiger partial charge in [-0.25, -0.2) is 9.59 Å². The number of amides is 1. The number of alkyl carbamates (subject to hydrolysis) is 1. The first kappa shape index (κ1) is 15.8. The van der Waals surface area contributed by atoms with E-state index in [1.807, 2.05) is 0 Å². The zero-order valence-corrected chi connectivity index (χ0v) is 11.8. The number of hydrogen-bond donors (Lipinski definition) is 2. The van der Waals surface area contributed by atoms with Gasteiger partial charge in [0.1, 0.15) is 5.60 Å². The Bertz CT molecular complexity index is 319. The number of carbonyl (C=O) groups is 2. The van der Waals surface area contributed by atoms with Crippen molar-refractivity contribution in [3.8, 4) is 0 Å². The van der Waals surface area contributed by atoms with Crippen molar-refractivity contribution >= 4 is 12.1 Å². The fraction of sp³-hybridized carbons (Fsp3) is 0.846. The molecule has 1 atom stereocenters. The fourth-order valence-corrected chi connectivity index (χ4v) is 1.64. The number of carboxylic acid groups (broad SMARTS) is 1. The molecule has 0 radical (unpaired) electrons. The van der Waals surface area contributed by atoms with Gasteiger partial charge in [0.25, 0.3) is 0 Å². The summed E-state index contributed by atoms with van der Waals surface area (Å²) in [7, 11) is 0. The van der Waals surface area contributed by atoms with E-state index >= 15 is 0 Å². The lowest BCUT2D eigenvalue weighted by Gasteiger charge is -2.26. The SMILES string of the molecule is CC(C)(C)OC(=O)N[C@@H](COCC1CCC1)C(=O)O. The van der Waals surface area contributed by atoms with Crippen molar-refractivity contribution < 1.29 is 24.2 Å². The highest BCUT2D eigenvalue weighted by atomic mass is 16.6. The van der Waals surface area contributed by atoms with Gasteiger partial charge in [0.15, 0.2) is 6.04 Å². The second-order valence-electron chi connectivity index (χ2n) is 5.87. The van der Waals surface area contributed by atoms with E-state index in [0.717, 1.165) is 12.8 Å². The van der Waals surface area contributed by atoms with Gasteiger partial charge in [0.2, 0.25) is 0 Å². The number of aliphatic carboxylic acids is 1. The van der Waals surface area contributed by atoms with E-state index in [9.17, 15) is 9.59 Å². The van der Waals surface area contributed by atoms with Crippen molar-refractivity contribution in [2.45, 2.75) is 51.7 Å². The van der Waals surface area contributed by atoms with Crippen molar-refractivity contribution in [2.75, 3.05) is 13.2 Å². The summed E-state index contributed by atoms with van der Waals surface area (Å²) >= 11 is 0. The van der Waals surface area contributed by atoms with Gasteiger partial charge in [-0.2, -0.15) is 0 Å². The molecule has 0 unspecified atom stereocenters. The maximum absolute atomic E-state index is 11.5. The Morgan fingerprint density at radius 2 is 2.00 bits per heavy atom. The molecular weight excluding hydrogens is 250 g/mol. The van der Waals surface area contributed by atoms with Crippen molar-refractivity contribution in [1.82, 2.24) is 5.32 Å². The number of carboxylic acids is 1. The van der Waals surface area contributed by atoms with E-state index in [0.29, 0.717) is 12.5 Å². The van der Waals surface area contributed by atoms with Crippen LogP contribution in [0.3, 0.4) is 0 Å². The standard InChI is InChI=1S/C13H23NO5/c1-13(2,3)19-12(17)14-10(11(15)16)8-18-7-9-5-4-6-9/h9-10H,4-8H2,1-3H3,(H,14,17)(H,15,16)/t10-/m0/s1. The van der Waals surface area contributed by atoms with Crippen LogP contribution in [0.1, 0.15) is 40.0 Å². The molecule has 6 heteroatoms. The normalized spacial score (nSPS) is 17.4. The molecule has 2 N–H and O–H groups in total. The van der Waals surface area contributed by atoms with Crippen LogP contribution in [0.25, 0.3) is 0 Å². The van der Waals surface area contributed by atoms with Crippen LogP contribution in [-0.4, -0.2) is 42.0 Å². The molecule has 0 aromatic rings. The first-order valence-corrected chi connectivity index (χ1v) is 6.58. The lowest BCUT2D eigenvalue weighted by molar-refractivity contribution is -0.141. The third-order valence-electron chi connectivity index (χ3n) is 2.85. The van der Waals surface area contributed by atoms with Crippen molar-refractivity contribution in [2.24, 2.45) is 5.92 Å². The van der Waals surface area contributed by atoms with Gasteiger partial charge in [-0.15, -0.1) is 0 Å². The minimum Gasteiger partial charge on any atom is -0.480 e. The summed E-state index contributed by atoms with van der Waals surface area (Å²) in [5.74, 6) is -0.588. The van der Waals surface area contributed by atoms with E-state index < -0.39 is 23.7 Å². The number of carbonyl (C=O) groups excluding carboxylic acids is 1. The number of ether oxygens (including phenoxy) is 2. The zero-order valence-electron chi connectivity index (χ0n) is 11.8. The Balaban J connectivity index is 2.30. The van der Waals surface area contributed by atoms with E-state index in [-0.39, 0.29) is 6.61 Å². The number of nitrogens with one attached hydrogen (secondary N) is 1. The second-order valence-corrected chi connectivity index (χ2v) is 5.87. The topological polar surface area (TPSA) is 84.9 Å². The van der Waals surface area contributed by atoms with E-state index in [1.165, 1.54) is 6.42 Å². The highest BCUT2D eigenvalue weighted by Crippen LogP contribution is 2.26. The molecule has 1 aliphatic rings. The Morgan fingerprint density at radius 1 is 1.37 bits per heavy atom. The predicted molar refractivity (Wildman–Crippen MR) is 69.0 cm³/mol. The second kappa shape index (κ2) is 6.75. The molecule has 0 aromatic heterocycles. The van der Waals surface area contributed by atoms with Crippen LogP contribution in [0, 0.1) is 5.92 Å². The average Bonchev–Trinajstić information content (AvgIpc) is 2.16. The van der Waals surface area contributed by atoms with E-state index in [1.54, 1.807) is 20.8 Å². The summed E-state index contributed by atoms with van der Waals surface area (Å²) in [5.41, 5.74) is -0.653. The predicted octanol–water partition coefficient (Wildman–Crippen LogP) is 1.78. The van der Waals surface area contributed by atoms with E-state index in [2.05, 4.69) is 5.32 Å². The van der Waals surface area contributed by atoms with Gasteiger partial charge in [-0.05, 0) is 39.5 Å². The minimum atomic E-state index is -1.13. The summed E-state index contributed by atoms with van der Waals surface area (Å²) in [6, 6.07) is -1.07. The van der Waals surface area contributed by atoms with Crippen LogP contribution in [0.15, 0.2) is 0 Å². The molecule has 1 saturated carbocycles. The van der Waals surface area contributed by atoms with Crippen LogP contribution in [0.4, 0.5) is 4.79 Å². The van der Waals surface area contributed by atoms with Gasteiger partial charge < -0.3 is 19.9 Å². The minimum absolute atomic E-state index is 0.0366. The maximum Gasteiger partial charge on any atom is 0.408 e. The van der Waals surface area contributed by atoms with Gasteiger partial charge in [-0.3, -0.25) is 0 Å². The molecule has 1 amide bonds. The molecule has 1 rings (SSSR count). The van der Waals surface area contributed by atoms with Gasteiger partial charge in [0, 0.05) is 6.61 Å². The first-order chi connectivity index (χ1) is 8.78. The quantitative estimate of drug-likeness (QED) is 0.770. The summed E-state index contributed by atoms with van der Waals surface area (Å²) in [6.07, 6.45) is 2.74. The molecule has 1 aliphatic carbocycles. The van der Waals surface area contributed by atoms with Gasteiger partial charge >= 0.3 is 12.1 Å².